The van der Waals surface area contributed by atoms with Crippen molar-refractivity contribution in [1.29, 1.82) is 5.26 Å². The number of Topliss-reactive ketones (excluding diaryl/α,β-unsaturated/α-hetero) is 1. The normalized spacial score (nSPS) is 11.9. The summed E-state index contributed by atoms with van der Waals surface area (Å²) in [5.74, 6) is -0.960. The molecule has 0 unspecified atom stereocenters. The first-order chi connectivity index (χ1) is 12.1. The molecule has 0 aliphatic carbocycles. The van der Waals surface area contributed by atoms with Gasteiger partial charge in [0.2, 0.25) is 5.16 Å². The lowest BCUT2D eigenvalue weighted by Gasteiger charge is -2.07. The Kier molecular flexibility index (Phi) is 5.21. The lowest BCUT2D eigenvalue weighted by atomic mass is 10.1. The molecule has 25 heavy (non-hydrogen) atoms. The topological polar surface area (TPSA) is 97.4 Å². The predicted molar refractivity (Wildman–Crippen MR) is 94.8 cm³/mol. The van der Waals surface area contributed by atoms with Crippen LogP contribution in [0, 0.1) is 25.2 Å². The standard InChI is InChI=1S/C16H14N6OS2/c1-10-5-3-4-6-13(10)22-16(19-20-21-22)25-9-14(23)12(7-17)15-18-11(2)8-24-15/h3-6,8,12H,9H2,1-2H3/t12-/m1/s1. The van der Waals surface area contributed by atoms with Crippen molar-refractivity contribution in [2.24, 2.45) is 0 Å². The van der Waals surface area contributed by atoms with Crippen molar-refractivity contribution in [2.45, 2.75) is 24.9 Å². The smallest absolute Gasteiger partial charge is 0.214 e. The van der Waals surface area contributed by atoms with Crippen molar-refractivity contribution in [1.82, 2.24) is 25.2 Å². The molecule has 3 aromatic rings. The van der Waals surface area contributed by atoms with Crippen molar-refractivity contribution in [2.75, 3.05) is 5.75 Å². The summed E-state index contributed by atoms with van der Waals surface area (Å²) in [4.78, 5) is 16.7. The molecule has 2 aromatic heterocycles. The number of nitriles is 1. The Morgan fingerprint density at radius 3 is 2.88 bits per heavy atom. The number of ketones is 1. The number of aryl methyl sites for hydroxylation is 2. The Bertz CT molecular complexity index is 942. The molecular weight excluding hydrogens is 356 g/mol. The van der Waals surface area contributed by atoms with E-state index < -0.39 is 5.92 Å². The van der Waals surface area contributed by atoms with E-state index in [1.165, 1.54) is 23.1 Å². The van der Waals surface area contributed by atoms with Crippen LogP contribution in [-0.4, -0.2) is 36.7 Å². The fraction of sp³-hybridized carbons (Fsp3) is 0.250. The molecule has 0 amide bonds. The van der Waals surface area contributed by atoms with Gasteiger partial charge >= 0.3 is 0 Å². The largest absolute Gasteiger partial charge is 0.297 e. The van der Waals surface area contributed by atoms with E-state index in [0.29, 0.717) is 10.2 Å². The third-order valence-corrected chi connectivity index (χ3v) is 5.43. The van der Waals surface area contributed by atoms with Gasteiger partial charge in [-0.2, -0.15) is 9.94 Å². The van der Waals surface area contributed by atoms with Crippen LogP contribution in [-0.2, 0) is 4.79 Å². The average Bonchev–Trinajstić information content (AvgIpc) is 3.23. The second-order valence-corrected chi connectivity index (χ2v) is 7.14. The van der Waals surface area contributed by atoms with Crippen LogP contribution in [0.15, 0.2) is 34.8 Å². The van der Waals surface area contributed by atoms with E-state index in [4.69, 9.17) is 0 Å². The van der Waals surface area contributed by atoms with E-state index in [-0.39, 0.29) is 11.5 Å². The van der Waals surface area contributed by atoms with E-state index in [1.807, 2.05) is 49.6 Å². The summed E-state index contributed by atoms with van der Waals surface area (Å²) in [7, 11) is 0. The first-order valence-corrected chi connectivity index (χ1v) is 9.28. The Balaban J connectivity index is 1.74. The molecule has 0 bridgehead atoms. The number of hydrogen-bond donors (Lipinski definition) is 0. The zero-order valence-corrected chi connectivity index (χ0v) is 15.2. The maximum atomic E-state index is 12.4. The van der Waals surface area contributed by atoms with Crippen LogP contribution in [0.4, 0.5) is 0 Å². The summed E-state index contributed by atoms with van der Waals surface area (Å²) in [6.07, 6.45) is 0. The zero-order valence-electron chi connectivity index (χ0n) is 13.6. The molecule has 3 rings (SSSR count). The maximum Gasteiger partial charge on any atom is 0.214 e. The fourth-order valence-electron chi connectivity index (χ4n) is 2.21. The lowest BCUT2D eigenvalue weighted by molar-refractivity contribution is -0.116. The van der Waals surface area contributed by atoms with Crippen LogP contribution in [0.25, 0.3) is 5.69 Å². The van der Waals surface area contributed by atoms with E-state index >= 15 is 0 Å². The van der Waals surface area contributed by atoms with Crippen molar-refractivity contribution in [3.05, 3.63) is 45.9 Å². The van der Waals surface area contributed by atoms with Crippen LogP contribution < -0.4 is 0 Å². The van der Waals surface area contributed by atoms with E-state index in [1.54, 1.807) is 4.68 Å². The third-order valence-electron chi connectivity index (χ3n) is 3.46. The van der Waals surface area contributed by atoms with Gasteiger partial charge in [0.15, 0.2) is 11.7 Å². The molecule has 0 saturated heterocycles. The highest BCUT2D eigenvalue weighted by molar-refractivity contribution is 7.99. The average molecular weight is 370 g/mol. The molecule has 0 aliphatic heterocycles. The van der Waals surface area contributed by atoms with Gasteiger partial charge in [-0.25, -0.2) is 4.98 Å². The molecule has 0 spiro atoms. The van der Waals surface area contributed by atoms with Gasteiger partial charge in [-0.05, 0) is 35.9 Å². The van der Waals surface area contributed by atoms with Crippen LogP contribution in [0.1, 0.15) is 22.2 Å². The number of tetrazole rings is 1. The molecule has 2 heterocycles. The third kappa shape index (κ3) is 3.75. The minimum absolute atomic E-state index is 0.100. The second-order valence-electron chi connectivity index (χ2n) is 5.30. The second kappa shape index (κ2) is 7.55. The summed E-state index contributed by atoms with van der Waals surface area (Å²) in [6, 6.07) is 9.76. The van der Waals surface area contributed by atoms with Crippen LogP contribution in [0.3, 0.4) is 0 Å². The number of para-hydroxylation sites is 1. The van der Waals surface area contributed by atoms with Crippen LogP contribution in [0.2, 0.25) is 0 Å². The van der Waals surface area contributed by atoms with Crippen LogP contribution in [0.5, 0.6) is 0 Å². The van der Waals surface area contributed by atoms with Gasteiger partial charge in [-0.15, -0.1) is 16.4 Å². The van der Waals surface area contributed by atoms with Crippen molar-refractivity contribution in [3.8, 4) is 11.8 Å². The molecule has 9 heteroatoms. The summed E-state index contributed by atoms with van der Waals surface area (Å²) in [5, 5.41) is 23.9. The number of aromatic nitrogens is 5. The van der Waals surface area contributed by atoms with Gasteiger partial charge in [-0.1, -0.05) is 30.0 Å². The Morgan fingerprint density at radius 1 is 1.40 bits per heavy atom. The van der Waals surface area contributed by atoms with E-state index in [0.717, 1.165) is 16.9 Å². The number of carbonyl (C=O) groups is 1. The predicted octanol–water partition coefficient (Wildman–Crippen LogP) is 2.70. The van der Waals surface area contributed by atoms with Gasteiger partial charge in [0.25, 0.3) is 0 Å². The number of thiazole rings is 1. The zero-order chi connectivity index (χ0) is 17.8. The molecular formula is C16H14N6OS2. The van der Waals surface area contributed by atoms with Crippen LogP contribution >= 0.6 is 23.1 Å². The Hall–Kier alpha value is -2.57. The number of thioether (sulfide) groups is 1. The van der Waals surface area contributed by atoms with Gasteiger partial charge < -0.3 is 0 Å². The van der Waals surface area contributed by atoms with Gasteiger partial charge in [0, 0.05) is 11.1 Å². The number of carbonyl (C=O) groups excluding carboxylic acids is 1. The monoisotopic (exact) mass is 370 g/mol. The molecule has 1 atom stereocenters. The summed E-state index contributed by atoms with van der Waals surface area (Å²) in [6.45, 7) is 3.80. The Morgan fingerprint density at radius 2 is 2.20 bits per heavy atom. The molecule has 1 aromatic carbocycles. The molecule has 0 fully saturated rings. The van der Waals surface area contributed by atoms with Crippen molar-refractivity contribution in [3.63, 3.8) is 0 Å². The molecule has 0 saturated carbocycles. The minimum Gasteiger partial charge on any atom is -0.297 e. The van der Waals surface area contributed by atoms with Gasteiger partial charge in [0.05, 0.1) is 17.5 Å². The highest BCUT2D eigenvalue weighted by atomic mass is 32.2. The number of nitrogens with zero attached hydrogens (tertiary/aromatic N) is 6. The van der Waals surface area contributed by atoms with Gasteiger partial charge in [-0.3, -0.25) is 4.79 Å². The number of rotatable bonds is 6. The highest BCUT2D eigenvalue weighted by Gasteiger charge is 2.24. The molecule has 0 N–H and O–H groups in total. The minimum atomic E-state index is -0.853. The quantitative estimate of drug-likeness (QED) is 0.615. The number of benzene rings is 1. The molecule has 126 valence electrons. The summed E-state index contributed by atoms with van der Waals surface area (Å²) in [5.41, 5.74) is 2.69. The highest BCUT2D eigenvalue weighted by Crippen LogP contribution is 2.25. The Labute approximate surface area is 152 Å². The SMILES string of the molecule is Cc1csc([C@H](C#N)C(=O)CSc2nnnn2-c2ccccc2C)n1. The first kappa shape index (κ1) is 17.3. The summed E-state index contributed by atoms with van der Waals surface area (Å²) < 4.78 is 1.60. The van der Waals surface area contributed by atoms with E-state index in [9.17, 15) is 10.1 Å². The van der Waals surface area contributed by atoms with Crippen molar-refractivity contribution < 1.29 is 4.79 Å². The molecule has 0 aliphatic rings. The molecule has 7 nitrogen and oxygen atoms in total. The van der Waals surface area contributed by atoms with E-state index in [2.05, 4.69) is 20.5 Å². The maximum absolute atomic E-state index is 12.4. The number of hydrogen-bond acceptors (Lipinski definition) is 8. The lowest BCUT2D eigenvalue weighted by Crippen LogP contribution is -2.14. The first-order valence-electron chi connectivity index (χ1n) is 7.41. The summed E-state index contributed by atoms with van der Waals surface area (Å²) >= 11 is 2.54. The van der Waals surface area contributed by atoms with Gasteiger partial charge in [0.1, 0.15) is 5.01 Å². The molecule has 0 radical (unpaired) electrons. The van der Waals surface area contributed by atoms with Crippen molar-refractivity contribution >= 4 is 28.9 Å². The fourth-order valence-corrected chi connectivity index (χ4v) is 3.86.